The van der Waals surface area contributed by atoms with Gasteiger partial charge in [-0.15, -0.1) is 0 Å². The molecule has 0 bridgehead atoms. The van der Waals surface area contributed by atoms with Gasteiger partial charge in [0.1, 0.15) is 5.82 Å². The second-order valence-electron chi connectivity index (χ2n) is 5.23. The SMILES string of the molecule is CC(C)N(C(=O)CCCCc1ncc[nH]1)C(C)C. The fourth-order valence-electron chi connectivity index (χ4n) is 2.30. The number of rotatable bonds is 7. The van der Waals surface area contributed by atoms with E-state index in [-0.39, 0.29) is 18.0 Å². The van der Waals surface area contributed by atoms with Crippen molar-refractivity contribution in [3.05, 3.63) is 18.2 Å². The molecule has 0 fully saturated rings. The molecule has 1 rings (SSSR count). The first kappa shape index (κ1) is 14.7. The minimum Gasteiger partial charge on any atom is -0.349 e. The van der Waals surface area contributed by atoms with E-state index in [4.69, 9.17) is 0 Å². The number of H-pyrrole nitrogens is 1. The van der Waals surface area contributed by atoms with Gasteiger partial charge >= 0.3 is 0 Å². The number of amides is 1. The molecule has 1 heterocycles. The zero-order chi connectivity index (χ0) is 13.5. The zero-order valence-electron chi connectivity index (χ0n) is 11.9. The molecule has 0 aromatic carbocycles. The first-order chi connectivity index (χ1) is 8.52. The van der Waals surface area contributed by atoms with E-state index in [1.54, 1.807) is 6.20 Å². The fourth-order valence-corrected chi connectivity index (χ4v) is 2.30. The van der Waals surface area contributed by atoms with Crippen LogP contribution >= 0.6 is 0 Å². The smallest absolute Gasteiger partial charge is 0.223 e. The molecule has 1 aromatic heterocycles. The summed E-state index contributed by atoms with van der Waals surface area (Å²) in [6, 6.07) is 0.560. The quantitative estimate of drug-likeness (QED) is 0.757. The lowest BCUT2D eigenvalue weighted by molar-refractivity contribution is -0.134. The van der Waals surface area contributed by atoms with Gasteiger partial charge in [0.15, 0.2) is 0 Å². The summed E-state index contributed by atoms with van der Waals surface area (Å²) in [5.41, 5.74) is 0. The molecule has 4 heteroatoms. The van der Waals surface area contributed by atoms with Crippen molar-refractivity contribution >= 4 is 5.91 Å². The third-order valence-corrected chi connectivity index (χ3v) is 3.01. The average Bonchev–Trinajstić information content (AvgIpc) is 2.76. The molecule has 1 aromatic rings. The van der Waals surface area contributed by atoms with Crippen LogP contribution in [0.5, 0.6) is 0 Å². The molecule has 0 radical (unpaired) electrons. The van der Waals surface area contributed by atoms with E-state index >= 15 is 0 Å². The van der Waals surface area contributed by atoms with Crippen LogP contribution < -0.4 is 0 Å². The van der Waals surface area contributed by atoms with Crippen LogP contribution in [0.1, 0.15) is 52.8 Å². The van der Waals surface area contributed by atoms with E-state index < -0.39 is 0 Å². The van der Waals surface area contributed by atoms with Gasteiger partial charge in [-0.05, 0) is 40.5 Å². The number of aryl methyl sites for hydroxylation is 1. The maximum atomic E-state index is 12.1. The molecule has 0 atom stereocenters. The first-order valence-corrected chi connectivity index (χ1v) is 6.81. The van der Waals surface area contributed by atoms with E-state index in [0.29, 0.717) is 6.42 Å². The highest BCUT2D eigenvalue weighted by Gasteiger charge is 2.19. The number of hydrogen-bond acceptors (Lipinski definition) is 2. The number of nitrogens with zero attached hydrogens (tertiary/aromatic N) is 2. The summed E-state index contributed by atoms with van der Waals surface area (Å²) in [6.45, 7) is 8.28. The van der Waals surface area contributed by atoms with Gasteiger partial charge in [0.05, 0.1) is 0 Å². The molecule has 0 saturated carbocycles. The molecule has 18 heavy (non-hydrogen) atoms. The van der Waals surface area contributed by atoms with Gasteiger partial charge < -0.3 is 9.88 Å². The third-order valence-electron chi connectivity index (χ3n) is 3.01. The molecule has 0 saturated heterocycles. The van der Waals surface area contributed by atoms with Crippen LogP contribution in [0.25, 0.3) is 0 Å². The molecule has 4 nitrogen and oxygen atoms in total. The van der Waals surface area contributed by atoms with E-state index in [1.807, 2.05) is 11.1 Å². The molecule has 0 aliphatic heterocycles. The number of unbranched alkanes of at least 4 members (excludes halogenated alkanes) is 1. The van der Waals surface area contributed by atoms with Gasteiger partial charge in [-0.2, -0.15) is 0 Å². The second-order valence-corrected chi connectivity index (χ2v) is 5.23. The van der Waals surface area contributed by atoms with Crippen molar-refractivity contribution < 1.29 is 4.79 Å². The molecular weight excluding hydrogens is 226 g/mol. The number of aromatic nitrogens is 2. The Bertz CT molecular complexity index is 336. The molecule has 0 unspecified atom stereocenters. The Balaban J connectivity index is 2.27. The average molecular weight is 251 g/mol. The van der Waals surface area contributed by atoms with E-state index in [2.05, 4.69) is 37.7 Å². The number of nitrogens with one attached hydrogen (secondary N) is 1. The van der Waals surface area contributed by atoms with Crippen LogP contribution in [-0.4, -0.2) is 32.9 Å². The molecule has 102 valence electrons. The maximum absolute atomic E-state index is 12.1. The summed E-state index contributed by atoms with van der Waals surface area (Å²) in [5, 5.41) is 0. The minimum atomic E-state index is 0.263. The van der Waals surface area contributed by atoms with Gasteiger partial charge in [0, 0.05) is 37.3 Å². The first-order valence-electron chi connectivity index (χ1n) is 6.81. The van der Waals surface area contributed by atoms with Crippen LogP contribution in [0.2, 0.25) is 0 Å². The van der Waals surface area contributed by atoms with Gasteiger partial charge in [-0.1, -0.05) is 0 Å². The number of aromatic amines is 1. The Hall–Kier alpha value is -1.32. The van der Waals surface area contributed by atoms with Crippen LogP contribution in [0.3, 0.4) is 0 Å². The summed E-state index contributed by atoms with van der Waals surface area (Å²) in [6.07, 6.45) is 7.08. The highest BCUT2D eigenvalue weighted by atomic mass is 16.2. The van der Waals surface area contributed by atoms with Gasteiger partial charge in [-0.3, -0.25) is 4.79 Å². The summed E-state index contributed by atoms with van der Waals surface area (Å²) >= 11 is 0. The number of imidazole rings is 1. The van der Waals surface area contributed by atoms with E-state index in [9.17, 15) is 4.79 Å². The number of carbonyl (C=O) groups excluding carboxylic acids is 1. The van der Waals surface area contributed by atoms with Crippen molar-refractivity contribution in [2.45, 2.75) is 65.5 Å². The van der Waals surface area contributed by atoms with Crippen molar-refractivity contribution in [3.8, 4) is 0 Å². The number of hydrogen-bond donors (Lipinski definition) is 1. The molecular formula is C14H25N3O. The Morgan fingerprint density at radius 3 is 2.44 bits per heavy atom. The lowest BCUT2D eigenvalue weighted by Crippen LogP contribution is -2.41. The van der Waals surface area contributed by atoms with Crippen LogP contribution in [0.15, 0.2) is 12.4 Å². The summed E-state index contributed by atoms with van der Waals surface area (Å²) in [7, 11) is 0. The van der Waals surface area contributed by atoms with E-state index in [1.165, 1.54) is 0 Å². The topological polar surface area (TPSA) is 49.0 Å². The van der Waals surface area contributed by atoms with Crippen LogP contribution in [0.4, 0.5) is 0 Å². The normalized spacial score (nSPS) is 11.2. The van der Waals surface area contributed by atoms with Crippen LogP contribution in [0, 0.1) is 0 Å². The predicted molar refractivity (Wildman–Crippen MR) is 73.3 cm³/mol. The number of carbonyl (C=O) groups is 1. The standard InChI is InChI=1S/C14H25N3O/c1-11(2)17(12(3)4)14(18)8-6-5-7-13-15-9-10-16-13/h9-12H,5-8H2,1-4H3,(H,15,16). The van der Waals surface area contributed by atoms with Crippen molar-refractivity contribution in [3.63, 3.8) is 0 Å². The molecule has 0 aliphatic rings. The second kappa shape index (κ2) is 7.19. The molecule has 0 aliphatic carbocycles. The maximum Gasteiger partial charge on any atom is 0.223 e. The summed E-state index contributed by atoms with van der Waals surface area (Å²) in [5.74, 6) is 1.27. The van der Waals surface area contributed by atoms with Gasteiger partial charge in [0.25, 0.3) is 0 Å². The molecule has 0 spiro atoms. The summed E-state index contributed by atoms with van der Waals surface area (Å²) in [4.78, 5) is 21.3. The van der Waals surface area contributed by atoms with Crippen molar-refractivity contribution in [2.75, 3.05) is 0 Å². The summed E-state index contributed by atoms with van der Waals surface area (Å²) < 4.78 is 0. The largest absolute Gasteiger partial charge is 0.349 e. The van der Waals surface area contributed by atoms with Crippen molar-refractivity contribution in [1.29, 1.82) is 0 Å². The van der Waals surface area contributed by atoms with Gasteiger partial charge in [0.2, 0.25) is 5.91 Å². The minimum absolute atomic E-state index is 0.263. The lowest BCUT2D eigenvalue weighted by atomic mass is 10.1. The van der Waals surface area contributed by atoms with Crippen molar-refractivity contribution in [2.24, 2.45) is 0 Å². The van der Waals surface area contributed by atoms with Crippen LogP contribution in [-0.2, 0) is 11.2 Å². The monoisotopic (exact) mass is 251 g/mol. The van der Waals surface area contributed by atoms with E-state index in [0.717, 1.165) is 25.1 Å². The highest BCUT2D eigenvalue weighted by Crippen LogP contribution is 2.10. The zero-order valence-corrected chi connectivity index (χ0v) is 11.9. The highest BCUT2D eigenvalue weighted by molar-refractivity contribution is 5.76. The van der Waals surface area contributed by atoms with Crippen molar-refractivity contribution in [1.82, 2.24) is 14.9 Å². The Labute approximate surface area is 110 Å². The lowest BCUT2D eigenvalue weighted by Gasteiger charge is -2.30. The molecule has 1 amide bonds. The fraction of sp³-hybridized carbons (Fsp3) is 0.714. The predicted octanol–water partition coefficient (Wildman–Crippen LogP) is 2.77. The van der Waals surface area contributed by atoms with Gasteiger partial charge in [-0.25, -0.2) is 4.98 Å². The Kier molecular flexibility index (Phi) is 5.89. The third kappa shape index (κ3) is 4.51. The Morgan fingerprint density at radius 1 is 1.28 bits per heavy atom. The Morgan fingerprint density at radius 2 is 1.94 bits per heavy atom. The molecule has 1 N–H and O–H groups in total.